The predicted molar refractivity (Wildman–Crippen MR) is 184 cm³/mol. The van der Waals surface area contributed by atoms with Crippen molar-refractivity contribution in [2.45, 2.75) is 200 Å². The van der Waals surface area contributed by atoms with Gasteiger partial charge in [0.25, 0.3) is 0 Å². The van der Waals surface area contributed by atoms with Crippen molar-refractivity contribution >= 4 is 11.9 Å². The van der Waals surface area contributed by atoms with Gasteiger partial charge in [-0.25, -0.2) is 0 Å². The summed E-state index contributed by atoms with van der Waals surface area (Å²) in [6, 6.07) is -0.621. The van der Waals surface area contributed by atoms with Crippen LogP contribution in [-0.2, 0) is 14.3 Å². The van der Waals surface area contributed by atoms with E-state index >= 15 is 0 Å². The fourth-order valence-corrected chi connectivity index (χ4v) is 5.38. The van der Waals surface area contributed by atoms with Crippen LogP contribution in [0.15, 0.2) is 24.3 Å². The Hall–Kier alpha value is -1.62. The summed E-state index contributed by atoms with van der Waals surface area (Å²) in [6.45, 7) is 5.93. The number of hydrogen-bond donors (Lipinski definition) is 2. The van der Waals surface area contributed by atoms with Gasteiger partial charge in [-0.2, -0.15) is 0 Å². The van der Waals surface area contributed by atoms with E-state index in [1.807, 2.05) is 6.08 Å². The molecule has 0 fully saturated rings. The van der Waals surface area contributed by atoms with Crippen LogP contribution < -0.4 is 5.32 Å². The maximum absolute atomic E-state index is 12.2. The number of rotatable bonds is 32. The lowest BCUT2D eigenvalue weighted by atomic mass is 10.0. The van der Waals surface area contributed by atoms with Crippen LogP contribution in [0.25, 0.3) is 0 Å². The van der Waals surface area contributed by atoms with Crippen molar-refractivity contribution in [1.82, 2.24) is 5.32 Å². The number of ether oxygens (including phenoxy) is 1. The van der Waals surface area contributed by atoms with Crippen LogP contribution in [0, 0.1) is 0 Å². The second kappa shape index (κ2) is 33.3. The second-order valence-electron chi connectivity index (χ2n) is 12.6. The summed E-state index contributed by atoms with van der Waals surface area (Å²) in [5.41, 5.74) is 0. The SMILES string of the molecule is CCCCCCCC/C=C\CCCCCCCC(=O)OC[C@H](NC(C)=O)[C@H](O)/C=C/CCCCCCCCCCCCC. The number of carbonyl (C=O) groups is 2. The van der Waals surface area contributed by atoms with E-state index in [0.717, 1.165) is 38.5 Å². The summed E-state index contributed by atoms with van der Waals surface area (Å²) in [5.74, 6) is -0.499. The number of aliphatic hydroxyl groups excluding tert-OH is 1. The van der Waals surface area contributed by atoms with E-state index in [2.05, 4.69) is 31.3 Å². The van der Waals surface area contributed by atoms with E-state index in [-0.39, 0.29) is 18.5 Å². The maximum atomic E-state index is 12.2. The van der Waals surface area contributed by atoms with Crippen molar-refractivity contribution in [3.8, 4) is 0 Å². The van der Waals surface area contributed by atoms with Crippen molar-refractivity contribution in [2.75, 3.05) is 6.61 Å². The summed E-state index contributed by atoms with van der Waals surface area (Å²) >= 11 is 0. The molecule has 0 spiro atoms. The highest BCUT2D eigenvalue weighted by Crippen LogP contribution is 2.13. The summed E-state index contributed by atoms with van der Waals surface area (Å²) in [7, 11) is 0. The Balaban J connectivity index is 3.86. The molecule has 0 aromatic heterocycles. The number of aliphatic hydroxyl groups is 1. The molecule has 2 atom stereocenters. The van der Waals surface area contributed by atoms with Crippen LogP contribution in [0.2, 0.25) is 0 Å². The zero-order chi connectivity index (χ0) is 31.6. The average molecular weight is 606 g/mol. The fraction of sp³-hybridized carbons (Fsp3) is 0.842. The molecular formula is C38H71NO4. The molecule has 252 valence electrons. The van der Waals surface area contributed by atoms with Crippen LogP contribution in [-0.4, -0.2) is 35.7 Å². The summed E-state index contributed by atoms with van der Waals surface area (Å²) in [6.07, 6.45) is 39.1. The second-order valence-corrected chi connectivity index (χ2v) is 12.6. The van der Waals surface area contributed by atoms with Crippen LogP contribution in [0.5, 0.6) is 0 Å². The van der Waals surface area contributed by atoms with Gasteiger partial charge in [-0.15, -0.1) is 0 Å². The van der Waals surface area contributed by atoms with Gasteiger partial charge in [-0.1, -0.05) is 154 Å². The molecule has 0 saturated heterocycles. The number of allylic oxidation sites excluding steroid dienone is 3. The molecule has 0 aromatic rings. The van der Waals surface area contributed by atoms with Crippen LogP contribution in [0.4, 0.5) is 0 Å². The van der Waals surface area contributed by atoms with Crippen molar-refractivity contribution in [3.63, 3.8) is 0 Å². The molecule has 5 heteroatoms. The van der Waals surface area contributed by atoms with Crippen molar-refractivity contribution in [1.29, 1.82) is 0 Å². The van der Waals surface area contributed by atoms with Crippen molar-refractivity contribution in [3.05, 3.63) is 24.3 Å². The largest absolute Gasteiger partial charge is 0.463 e. The van der Waals surface area contributed by atoms with Crippen LogP contribution in [0.1, 0.15) is 188 Å². The molecule has 0 aliphatic heterocycles. The molecule has 0 rings (SSSR count). The van der Waals surface area contributed by atoms with Crippen molar-refractivity contribution < 1.29 is 19.4 Å². The van der Waals surface area contributed by atoms with Crippen LogP contribution >= 0.6 is 0 Å². The minimum Gasteiger partial charge on any atom is -0.463 e. The van der Waals surface area contributed by atoms with Gasteiger partial charge >= 0.3 is 5.97 Å². The molecule has 0 saturated carbocycles. The first kappa shape index (κ1) is 41.4. The van der Waals surface area contributed by atoms with E-state index < -0.39 is 12.1 Å². The van der Waals surface area contributed by atoms with Gasteiger partial charge in [0.1, 0.15) is 6.61 Å². The first-order valence-corrected chi connectivity index (χ1v) is 18.4. The van der Waals surface area contributed by atoms with E-state index in [4.69, 9.17) is 4.74 Å². The molecule has 0 aliphatic carbocycles. The highest BCUT2D eigenvalue weighted by Gasteiger charge is 2.20. The lowest BCUT2D eigenvalue weighted by Gasteiger charge is -2.21. The molecule has 5 nitrogen and oxygen atoms in total. The first-order chi connectivity index (χ1) is 21.0. The molecule has 0 bridgehead atoms. The molecule has 0 aliphatic rings. The summed E-state index contributed by atoms with van der Waals surface area (Å²) < 4.78 is 5.41. The van der Waals surface area contributed by atoms with E-state index in [1.54, 1.807) is 6.08 Å². The fourth-order valence-electron chi connectivity index (χ4n) is 5.38. The van der Waals surface area contributed by atoms with Gasteiger partial charge in [-0.05, 0) is 44.9 Å². The third-order valence-corrected chi connectivity index (χ3v) is 8.18. The molecule has 0 heterocycles. The maximum Gasteiger partial charge on any atom is 0.305 e. The van der Waals surface area contributed by atoms with E-state index in [0.29, 0.717) is 6.42 Å². The molecular weight excluding hydrogens is 534 g/mol. The Bertz CT molecular complexity index is 675. The topological polar surface area (TPSA) is 75.6 Å². The summed E-state index contributed by atoms with van der Waals surface area (Å²) in [5, 5.41) is 13.3. The predicted octanol–water partition coefficient (Wildman–Crippen LogP) is 10.7. The highest BCUT2D eigenvalue weighted by molar-refractivity contribution is 5.73. The Kier molecular flexibility index (Phi) is 32.0. The third kappa shape index (κ3) is 31.6. The number of carbonyl (C=O) groups excluding carboxylic acids is 2. The van der Waals surface area contributed by atoms with Gasteiger partial charge in [0.2, 0.25) is 5.91 Å². The third-order valence-electron chi connectivity index (χ3n) is 8.18. The number of amides is 1. The Labute approximate surface area is 267 Å². The Morgan fingerprint density at radius 1 is 0.605 bits per heavy atom. The van der Waals surface area contributed by atoms with Gasteiger partial charge < -0.3 is 15.2 Å². The van der Waals surface area contributed by atoms with E-state index in [9.17, 15) is 14.7 Å². The Morgan fingerprint density at radius 3 is 1.44 bits per heavy atom. The highest BCUT2D eigenvalue weighted by atomic mass is 16.5. The Morgan fingerprint density at radius 2 is 1.00 bits per heavy atom. The standard InChI is InChI=1S/C38H71NO4/c1-4-6-8-10-12-14-16-18-19-21-23-25-27-29-31-33-38(42)43-34-36(39-35(3)40)37(41)32-30-28-26-24-22-20-17-15-13-11-9-7-5-2/h18-19,30,32,36-37,41H,4-17,20-29,31,33-34H2,1-3H3,(H,39,40)/b19-18-,32-30+/t36-,37+/m0/s1. The van der Waals surface area contributed by atoms with Gasteiger partial charge in [0, 0.05) is 13.3 Å². The normalized spacial score (nSPS) is 13.1. The average Bonchev–Trinajstić information content (AvgIpc) is 2.99. The van der Waals surface area contributed by atoms with Gasteiger partial charge in [0.15, 0.2) is 0 Å². The zero-order valence-electron chi connectivity index (χ0n) is 28.7. The molecule has 0 aromatic carbocycles. The molecule has 1 amide bonds. The first-order valence-electron chi connectivity index (χ1n) is 18.4. The minimum absolute atomic E-state index is 0.00651. The molecule has 0 unspecified atom stereocenters. The van der Waals surface area contributed by atoms with Gasteiger partial charge in [-0.3, -0.25) is 9.59 Å². The zero-order valence-corrected chi connectivity index (χ0v) is 28.7. The quantitative estimate of drug-likeness (QED) is 0.0454. The van der Waals surface area contributed by atoms with Gasteiger partial charge in [0.05, 0.1) is 12.1 Å². The minimum atomic E-state index is -0.871. The molecule has 43 heavy (non-hydrogen) atoms. The van der Waals surface area contributed by atoms with Crippen LogP contribution in [0.3, 0.4) is 0 Å². The molecule has 2 N–H and O–H groups in total. The smallest absolute Gasteiger partial charge is 0.305 e. The monoisotopic (exact) mass is 606 g/mol. The molecule has 0 radical (unpaired) electrons. The lowest BCUT2D eigenvalue weighted by molar-refractivity contribution is -0.145. The lowest BCUT2D eigenvalue weighted by Crippen LogP contribution is -2.45. The number of nitrogens with one attached hydrogen (secondary N) is 1. The van der Waals surface area contributed by atoms with E-state index in [1.165, 1.54) is 129 Å². The number of hydrogen-bond acceptors (Lipinski definition) is 4. The number of unbranched alkanes of at least 4 members (excludes halogenated alkanes) is 22. The number of esters is 1. The summed E-state index contributed by atoms with van der Waals surface area (Å²) in [4.78, 5) is 23.9. The van der Waals surface area contributed by atoms with Crippen molar-refractivity contribution in [2.24, 2.45) is 0 Å².